The largest absolute Gasteiger partial charge is 0.273 e. The van der Waals surface area contributed by atoms with Crippen molar-refractivity contribution in [1.29, 1.82) is 0 Å². The van der Waals surface area contributed by atoms with Crippen molar-refractivity contribution in [3.05, 3.63) is 21.9 Å². The Hall–Kier alpha value is -1.16. The van der Waals surface area contributed by atoms with Crippen LogP contribution in [-0.2, 0) is 4.79 Å². The van der Waals surface area contributed by atoms with Gasteiger partial charge in [0.15, 0.2) is 0 Å². The van der Waals surface area contributed by atoms with Gasteiger partial charge in [-0.1, -0.05) is 0 Å². The molecule has 1 amide bonds. The van der Waals surface area contributed by atoms with Gasteiger partial charge in [0.2, 0.25) is 5.91 Å². The van der Waals surface area contributed by atoms with Gasteiger partial charge in [-0.25, -0.2) is 5.43 Å². The highest BCUT2D eigenvalue weighted by molar-refractivity contribution is 7.13. The Morgan fingerprint density at radius 3 is 3.00 bits per heavy atom. The van der Waals surface area contributed by atoms with E-state index in [1.165, 1.54) is 4.88 Å². The van der Waals surface area contributed by atoms with E-state index >= 15 is 0 Å². The van der Waals surface area contributed by atoms with Crippen LogP contribution in [0.4, 0.5) is 0 Å². The predicted molar refractivity (Wildman–Crippen MR) is 57.5 cm³/mol. The SMILES string of the molecule is Cc1ccc(C=NNC(=O)C2CC2)s1. The van der Waals surface area contributed by atoms with Crippen LogP contribution >= 0.6 is 11.3 Å². The minimum Gasteiger partial charge on any atom is -0.273 e. The fraction of sp³-hybridized carbons (Fsp3) is 0.400. The molecular weight excluding hydrogens is 196 g/mol. The second kappa shape index (κ2) is 3.92. The number of amides is 1. The van der Waals surface area contributed by atoms with Crippen LogP contribution in [-0.4, -0.2) is 12.1 Å². The Balaban J connectivity index is 1.84. The monoisotopic (exact) mass is 208 g/mol. The minimum absolute atomic E-state index is 0.0505. The highest BCUT2D eigenvalue weighted by Crippen LogP contribution is 2.28. The predicted octanol–water partition coefficient (Wildman–Crippen LogP) is 1.92. The maximum atomic E-state index is 11.2. The molecule has 1 fully saturated rings. The van der Waals surface area contributed by atoms with Crippen molar-refractivity contribution in [1.82, 2.24) is 5.43 Å². The first-order valence-corrected chi connectivity index (χ1v) is 5.47. The zero-order chi connectivity index (χ0) is 9.97. The first-order chi connectivity index (χ1) is 6.75. The molecule has 1 aliphatic rings. The number of nitrogens with zero attached hydrogens (tertiary/aromatic N) is 1. The van der Waals surface area contributed by atoms with E-state index in [9.17, 15) is 4.79 Å². The number of aryl methyl sites for hydroxylation is 1. The van der Waals surface area contributed by atoms with Crippen molar-refractivity contribution in [2.75, 3.05) is 0 Å². The van der Waals surface area contributed by atoms with Crippen molar-refractivity contribution >= 4 is 23.5 Å². The maximum Gasteiger partial charge on any atom is 0.243 e. The summed E-state index contributed by atoms with van der Waals surface area (Å²) in [6.45, 7) is 2.05. The van der Waals surface area contributed by atoms with Crippen molar-refractivity contribution < 1.29 is 4.79 Å². The molecule has 0 saturated heterocycles. The van der Waals surface area contributed by atoms with E-state index in [0.717, 1.165) is 17.7 Å². The zero-order valence-corrected chi connectivity index (χ0v) is 8.80. The lowest BCUT2D eigenvalue weighted by Crippen LogP contribution is -2.18. The highest BCUT2D eigenvalue weighted by atomic mass is 32.1. The molecule has 74 valence electrons. The van der Waals surface area contributed by atoms with Gasteiger partial charge in [-0.05, 0) is 31.9 Å². The van der Waals surface area contributed by atoms with Crippen LogP contribution in [0.15, 0.2) is 17.2 Å². The molecule has 0 radical (unpaired) electrons. The fourth-order valence-electron chi connectivity index (χ4n) is 1.12. The molecule has 4 heteroatoms. The zero-order valence-electron chi connectivity index (χ0n) is 7.99. The molecule has 1 aromatic rings. The van der Waals surface area contributed by atoms with Crippen LogP contribution in [0, 0.1) is 12.8 Å². The van der Waals surface area contributed by atoms with Gasteiger partial charge in [-0.2, -0.15) is 5.10 Å². The van der Waals surface area contributed by atoms with E-state index < -0.39 is 0 Å². The molecule has 0 aliphatic heterocycles. The number of nitrogens with one attached hydrogen (secondary N) is 1. The van der Waals surface area contributed by atoms with Crippen molar-refractivity contribution in [2.24, 2.45) is 11.0 Å². The Morgan fingerprint density at radius 2 is 2.43 bits per heavy atom. The average Bonchev–Trinajstić information content (AvgIpc) is 2.92. The number of thiophene rings is 1. The van der Waals surface area contributed by atoms with Gasteiger partial charge in [-0.3, -0.25) is 4.79 Å². The standard InChI is InChI=1S/C10H12N2OS/c1-7-2-5-9(14-7)6-11-12-10(13)8-3-4-8/h2,5-6,8H,3-4H2,1H3,(H,12,13). The number of rotatable bonds is 3. The van der Waals surface area contributed by atoms with Crippen LogP contribution in [0.25, 0.3) is 0 Å². The van der Waals surface area contributed by atoms with E-state index in [4.69, 9.17) is 0 Å². The fourth-order valence-corrected chi connectivity index (χ4v) is 1.87. The Labute approximate surface area is 86.8 Å². The molecule has 0 aromatic carbocycles. The molecule has 3 nitrogen and oxygen atoms in total. The molecule has 14 heavy (non-hydrogen) atoms. The van der Waals surface area contributed by atoms with E-state index in [0.29, 0.717) is 0 Å². The quantitative estimate of drug-likeness (QED) is 0.598. The molecule has 0 unspecified atom stereocenters. The number of hydrazone groups is 1. The minimum atomic E-state index is 0.0505. The Bertz CT molecular complexity index is 366. The molecule has 0 spiro atoms. The molecule has 1 aliphatic carbocycles. The highest BCUT2D eigenvalue weighted by Gasteiger charge is 2.29. The second-order valence-corrected chi connectivity index (χ2v) is 4.78. The molecule has 1 saturated carbocycles. The summed E-state index contributed by atoms with van der Waals surface area (Å²) in [7, 11) is 0. The third-order valence-electron chi connectivity index (χ3n) is 2.08. The van der Waals surface area contributed by atoms with Crippen LogP contribution in [0.1, 0.15) is 22.6 Å². The maximum absolute atomic E-state index is 11.2. The number of hydrogen-bond acceptors (Lipinski definition) is 3. The second-order valence-electron chi connectivity index (χ2n) is 3.46. The summed E-state index contributed by atoms with van der Waals surface area (Å²) < 4.78 is 0. The summed E-state index contributed by atoms with van der Waals surface area (Å²) in [4.78, 5) is 13.5. The Morgan fingerprint density at radius 1 is 1.64 bits per heavy atom. The van der Waals surface area contributed by atoms with Crippen LogP contribution in [0.5, 0.6) is 0 Å². The summed E-state index contributed by atoms with van der Waals surface area (Å²) in [6, 6.07) is 4.03. The number of carbonyl (C=O) groups excluding carboxylic acids is 1. The van der Waals surface area contributed by atoms with Gasteiger partial charge >= 0.3 is 0 Å². The van der Waals surface area contributed by atoms with E-state index in [1.54, 1.807) is 17.6 Å². The Kier molecular flexibility index (Phi) is 2.63. The van der Waals surface area contributed by atoms with Crippen molar-refractivity contribution in [3.63, 3.8) is 0 Å². The summed E-state index contributed by atoms with van der Waals surface area (Å²) in [5, 5.41) is 3.90. The summed E-state index contributed by atoms with van der Waals surface area (Å²) in [5.41, 5.74) is 2.54. The van der Waals surface area contributed by atoms with E-state index in [2.05, 4.69) is 10.5 Å². The lowest BCUT2D eigenvalue weighted by molar-refractivity contribution is -0.122. The van der Waals surface area contributed by atoms with Crippen LogP contribution in [0.3, 0.4) is 0 Å². The van der Waals surface area contributed by atoms with Gasteiger partial charge in [0, 0.05) is 15.7 Å². The lowest BCUT2D eigenvalue weighted by atomic mass is 10.4. The summed E-state index contributed by atoms with van der Waals surface area (Å²) in [5.74, 6) is 0.270. The normalized spacial score (nSPS) is 16.1. The molecule has 0 bridgehead atoms. The van der Waals surface area contributed by atoms with Gasteiger partial charge < -0.3 is 0 Å². The van der Waals surface area contributed by atoms with Gasteiger partial charge in [-0.15, -0.1) is 11.3 Å². The van der Waals surface area contributed by atoms with Crippen LogP contribution < -0.4 is 5.43 Å². The molecule has 2 rings (SSSR count). The first kappa shape index (κ1) is 9.40. The third-order valence-corrected chi connectivity index (χ3v) is 3.01. The van der Waals surface area contributed by atoms with Gasteiger partial charge in [0.05, 0.1) is 6.21 Å². The van der Waals surface area contributed by atoms with E-state index in [1.807, 2.05) is 19.1 Å². The third kappa shape index (κ3) is 2.42. The summed E-state index contributed by atoms with van der Waals surface area (Å²) in [6.07, 6.45) is 3.72. The molecule has 0 atom stereocenters. The topological polar surface area (TPSA) is 41.5 Å². The van der Waals surface area contributed by atoms with Crippen molar-refractivity contribution in [2.45, 2.75) is 19.8 Å². The first-order valence-electron chi connectivity index (χ1n) is 4.65. The number of hydrogen-bond donors (Lipinski definition) is 1. The van der Waals surface area contributed by atoms with Crippen LogP contribution in [0.2, 0.25) is 0 Å². The molecule has 1 heterocycles. The van der Waals surface area contributed by atoms with Crippen molar-refractivity contribution in [3.8, 4) is 0 Å². The van der Waals surface area contributed by atoms with Gasteiger partial charge in [0.1, 0.15) is 0 Å². The molecule has 1 N–H and O–H groups in total. The number of carbonyl (C=O) groups is 1. The van der Waals surface area contributed by atoms with Gasteiger partial charge in [0.25, 0.3) is 0 Å². The lowest BCUT2D eigenvalue weighted by Gasteiger charge is -1.93. The summed E-state index contributed by atoms with van der Waals surface area (Å²) >= 11 is 1.66. The molecule has 1 aromatic heterocycles. The smallest absolute Gasteiger partial charge is 0.243 e. The average molecular weight is 208 g/mol. The molecular formula is C10H12N2OS. The van der Waals surface area contributed by atoms with E-state index in [-0.39, 0.29) is 11.8 Å².